The summed E-state index contributed by atoms with van der Waals surface area (Å²) >= 11 is 5.92. The number of nitrogens with zero attached hydrogens (tertiary/aromatic N) is 2. The zero-order chi connectivity index (χ0) is 13.2. The maximum Gasteiger partial charge on any atom is 0.111 e. The van der Waals surface area contributed by atoms with Crippen molar-refractivity contribution < 1.29 is 0 Å². The minimum Gasteiger partial charge on any atom is -0.328 e. The molecule has 0 atom stereocenters. The van der Waals surface area contributed by atoms with Gasteiger partial charge in [0.2, 0.25) is 0 Å². The molecule has 1 aliphatic carbocycles. The number of halogens is 1. The number of fused-ring (bicyclic) bond motifs is 1. The highest BCUT2D eigenvalue weighted by molar-refractivity contribution is 6.17. The molecule has 3 heteroatoms. The van der Waals surface area contributed by atoms with Crippen molar-refractivity contribution in [3.8, 4) is 0 Å². The summed E-state index contributed by atoms with van der Waals surface area (Å²) in [5.74, 6) is 2.73. The van der Waals surface area contributed by atoms with E-state index in [2.05, 4.69) is 29.7 Å². The standard InChI is InChI=1S/C16H21ClN2/c1-12-4-2-7-14-16(12)18-15(8-10-17)19(14)11-9-13-5-3-6-13/h2,4,7,13H,3,5-6,8-11H2,1H3. The molecule has 0 bridgehead atoms. The highest BCUT2D eigenvalue weighted by Gasteiger charge is 2.18. The number of imidazole rings is 1. The Bertz CT molecular complexity index is 569. The molecule has 19 heavy (non-hydrogen) atoms. The minimum absolute atomic E-state index is 0.645. The lowest BCUT2D eigenvalue weighted by Gasteiger charge is -2.25. The summed E-state index contributed by atoms with van der Waals surface area (Å²) in [4.78, 5) is 4.80. The van der Waals surface area contributed by atoms with Gasteiger partial charge in [0, 0.05) is 18.8 Å². The Morgan fingerprint density at radius 1 is 1.37 bits per heavy atom. The minimum atomic E-state index is 0.645. The van der Waals surface area contributed by atoms with E-state index in [1.807, 2.05) is 0 Å². The topological polar surface area (TPSA) is 17.8 Å². The van der Waals surface area contributed by atoms with Gasteiger partial charge in [-0.05, 0) is 30.9 Å². The number of para-hydroxylation sites is 1. The molecule has 1 aromatic heterocycles. The first-order valence-electron chi connectivity index (χ1n) is 7.30. The Morgan fingerprint density at radius 2 is 2.21 bits per heavy atom. The van der Waals surface area contributed by atoms with E-state index in [0.29, 0.717) is 5.88 Å². The number of hydrogen-bond donors (Lipinski definition) is 0. The second-order valence-electron chi connectivity index (χ2n) is 5.65. The average molecular weight is 277 g/mol. The molecule has 0 N–H and O–H groups in total. The fraction of sp³-hybridized carbons (Fsp3) is 0.562. The van der Waals surface area contributed by atoms with Crippen LogP contribution in [0.2, 0.25) is 0 Å². The van der Waals surface area contributed by atoms with Crippen LogP contribution in [0.15, 0.2) is 18.2 Å². The number of rotatable bonds is 5. The first-order chi connectivity index (χ1) is 9.29. The predicted molar refractivity (Wildman–Crippen MR) is 80.9 cm³/mol. The molecular weight excluding hydrogens is 256 g/mol. The lowest BCUT2D eigenvalue weighted by molar-refractivity contribution is 0.282. The Labute approximate surface area is 119 Å². The van der Waals surface area contributed by atoms with Crippen LogP contribution < -0.4 is 0 Å². The van der Waals surface area contributed by atoms with Crippen molar-refractivity contribution in [2.24, 2.45) is 5.92 Å². The lowest BCUT2D eigenvalue weighted by Crippen LogP contribution is -2.15. The average Bonchev–Trinajstić information content (AvgIpc) is 2.68. The molecule has 1 saturated carbocycles. The summed E-state index contributed by atoms with van der Waals surface area (Å²) in [6.07, 6.45) is 6.39. The summed E-state index contributed by atoms with van der Waals surface area (Å²) in [5, 5.41) is 0. The van der Waals surface area contributed by atoms with Crippen LogP contribution in [0.5, 0.6) is 0 Å². The highest BCUT2D eigenvalue weighted by Crippen LogP contribution is 2.31. The third-order valence-corrected chi connectivity index (χ3v) is 4.55. The first-order valence-corrected chi connectivity index (χ1v) is 7.83. The van der Waals surface area contributed by atoms with Gasteiger partial charge in [0.25, 0.3) is 0 Å². The normalized spacial score (nSPS) is 15.9. The Hall–Kier alpha value is -1.02. The Morgan fingerprint density at radius 3 is 2.89 bits per heavy atom. The summed E-state index contributed by atoms with van der Waals surface area (Å²) < 4.78 is 2.39. The lowest BCUT2D eigenvalue weighted by atomic mass is 9.83. The van der Waals surface area contributed by atoms with Crippen molar-refractivity contribution in [1.29, 1.82) is 0 Å². The van der Waals surface area contributed by atoms with Crippen molar-refractivity contribution in [3.05, 3.63) is 29.6 Å². The molecule has 0 unspecified atom stereocenters. The van der Waals surface area contributed by atoms with Gasteiger partial charge in [-0.2, -0.15) is 0 Å². The maximum absolute atomic E-state index is 5.92. The van der Waals surface area contributed by atoms with Crippen LogP contribution in [0, 0.1) is 12.8 Å². The molecule has 1 fully saturated rings. The number of benzene rings is 1. The first kappa shape index (κ1) is 13.0. The van der Waals surface area contributed by atoms with E-state index in [0.717, 1.165) is 30.2 Å². The molecule has 3 rings (SSSR count). The van der Waals surface area contributed by atoms with Gasteiger partial charge >= 0.3 is 0 Å². The quantitative estimate of drug-likeness (QED) is 0.744. The van der Waals surface area contributed by atoms with Crippen molar-refractivity contribution in [1.82, 2.24) is 9.55 Å². The van der Waals surface area contributed by atoms with E-state index in [-0.39, 0.29) is 0 Å². The fourth-order valence-corrected chi connectivity index (χ4v) is 3.12. The van der Waals surface area contributed by atoms with Gasteiger partial charge in [0.05, 0.1) is 11.0 Å². The summed E-state index contributed by atoms with van der Waals surface area (Å²) in [7, 11) is 0. The molecule has 0 aliphatic heterocycles. The van der Waals surface area contributed by atoms with Gasteiger partial charge in [0.15, 0.2) is 0 Å². The zero-order valence-corrected chi connectivity index (χ0v) is 12.3. The van der Waals surface area contributed by atoms with E-state index < -0.39 is 0 Å². The van der Waals surface area contributed by atoms with Crippen LogP contribution >= 0.6 is 11.6 Å². The van der Waals surface area contributed by atoms with E-state index in [1.165, 1.54) is 36.8 Å². The number of aryl methyl sites for hydroxylation is 3. The molecule has 102 valence electrons. The van der Waals surface area contributed by atoms with E-state index in [1.54, 1.807) is 0 Å². The second kappa shape index (κ2) is 5.54. The third-order valence-electron chi connectivity index (χ3n) is 4.36. The summed E-state index contributed by atoms with van der Waals surface area (Å²) in [6, 6.07) is 6.45. The molecule has 2 nitrogen and oxygen atoms in total. The Balaban J connectivity index is 1.93. The molecule has 2 aromatic rings. The van der Waals surface area contributed by atoms with Crippen LogP contribution in [-0.2, 0) is 13.0 Å². The van der Waals surface area contributed by atoms with Gasteiger partial charge in [-0.15, -0.1) is 11.6 Å². The van der Waals surface area contributed by atoms with Crippen molar-refractivity contribution >= 4 is 22.6 Å². The van der Waals surface area contributed by atoms with Gasteiger partial charge in [-0.3, -0.25) is 0 Å². The number of aromatic nitrogens is 2. The summed E-state index contributed by atoms with van der Waals surface area (Å²) in [5.41, 5.74) is 3.69. The van der Waals surface area contributed by atoms with Gasteiger partial charge in [-0.25, -0.2) is 4.98 Å². The molecular formula is C16H21ClN2. The van der Waals surface area contributed by atoms with Crippen LogP contribution in [-0.4, -0.2) is 15.4 Å². The smallest absolute Gasteiger partial charge is 0.111 e. The van der Waals surface area contributed by atoms with Crippen LogP contribution in [0.3, 0.4) is 0 Å². The molecule has 1 heterocycles. The molecule has 1 aliphatic rings. The molecule has 0 saturated heterocycles. The van der Waals surface area contributed by atoms with E-state index in [9.17, 15) is 0 Å². The monoisotopic (exact) mass is 276 g/mol. The largest absolute Gasteiger partial charge is 0.328 e. The fourth-order valence-electron chi connectivity index (χ4n) is 2.95. The number of hydrogen-bond acceptors (Lipinski definition) is 1. The van der Waals surface area contributed by atoms with Gasteiger partial charge in [0.1, 0.15) is 5.82 Å². The highest BCUT2D eigenvalue weighted by atomic mass is 35.5. The molecule has 0 spiro atoms. The maximum atomic E-state index is 5.92. The molecule has 0 radical (unpaired) electrons. The van der Waals surface area contributed by atoms with Crippen molar-refractivity contribution in [3.63, 3.8) is 0 Å². The summed E-state index contributed by atoms with van der Waals surface area (Å²) in [6.45, 7) is 3.23. The van der Waals surface area contributed by atoms with E-state index >= 15 is 0 Å². The number of alkyl halides is 1. The van der Waals surface area contributed by atoms with E-state index in [4.69, 9.17) is 16.6 Å². The Kier molecular flexibility index (Phi) is 3.79. The van der Waals surface area contributed by atoms with Crippen LogP contribution in [0.1, 0.15) is 37.1 Å². The van der Waals surface area contributed by atoms with Crippen LogP contribution in [0.25, 0.3) is 11.0 Å². The predicted octanol–water partition coefficient (Wildman–Crippen LogP) is 4.32. The molecule has 0 amide bonds. The van der Waals surface area contributed by atoms with Crippen molar-refractivity contribution in [2.75, 3.05) is 5.88 Å². The zero-order valence-electron chi connectivity index (χ0n) is 11.5. The van der Waals surface area contributed by atoms with Gasteiger partial charge < -0.3 is 4.57 Å². The van der Waals surface area contributed by atoms with Crippen LogP contribution in [0.4, 0.5) is 0 Å². The van der Waals surface area contributed by atoms with Gasteiger partial charge in [-0.1, -0.05) is 31.4 Å². The SMILES string of the molecule is Cc1cccc2c1nc(CCCl)n2CCC1CCC1. The van der Waals surface area contributed by atoms with Crippen molar-refractivity contribution in [2.45, 2.75) is 45.6 Å². The second-order valence-corrected chi connectivity index (χ2v) is 6.02. The molecule has 1 aromatic carbocycles. The third kappa shape index (κ3) is 2.51.